The molecule has 1 radical (unpaired) electrons. The Bertz CT molecular complexity index is 405. The lowest BCUT2D eigenvalue weighted by Crippen LogP contribution is -2.37. The lowest BCUT2D eigenvalue weighted by atomic mass is 10.6. The van der Waals surface area contributed by atoms with Gasteiger partial charge in [0.25, 0.3) is 0 Å². The fourth-order valence-electron chi connectivity index (χ4n) is 0.665. The minimum atomic E-state index is -0.787. The van der Waals surface area contributed by atoms with Crippen molar-refractivity contribution in [3.05, 3.63) is 27.0 Å². The topological polar surface area (TPSA) is 89.3 Å². The summed E-state index contributed by atoms with van der Waals surface area (Å²) < 4.78 is 0.987. The summed E-state index contributed by atoms with van der Waals surface area (Å²) in [7, 11) is 1.37. The molecule has 0 aliphatic rings. The first-order valence-electron chi connectivity index (χ1n) is 3.38. The zero-order valence-corrected chi connectivity index (χ0v) is 6.85. The number of aromatic nitrogens is 3. The molecule has 0 unspecified atom stereocenters. The van der Waals surface area contributed by atoms with Crippen LogP contribution in [-0.4, -0.2) is 28.1 Å². The van der Waals surface area contributed by atoms with Crippen molar-refractivity contribution < 1.29 is 4.84 Å². The standard InChI is InChI=1S/C6H7N4O3/c1-13-8-2-3-10-4-7-9-5(11)6(10)12/h2H,3H2,1H3,(H,9,11). The highest BCUT2D eigenvalue weighted by Gasteiger charge is 1.98. The first-order chi connectivity index (χ1) is 6.25. The van der Waals surface area contributed by atoms with Crippen LogP contribution in [0.25, 0.3) is 0 Å². The maximum Gasteiger partial charge on any atom is 0.330 e. The lowest BCUT2D eigenvalue weighted by molar-refractivity contribution is 0.214. The second-order valence-corrected chi connectivity index (χ2v) is 2.04. The van der Waals surface area contributed by atoms with Gasteiger partial charge in [-0.1, -0.05) is 5.16 Å². The zero-order valence-electron chi connectivity index (χ0n) is 6.85. The Balaban J connectivity index is 2.90. The second-order valence-electron chi connectivity index (χ2n) is 2.04. The third-order valence-electron chi connectivity index (χ3n) is 1.21. The lowest BCUT2D eigenvalue weighted by Gasteiger charge is -1.95. The van der Waals surface area contributed by atoms with Gasteiger partial charge in [0.2, 0.25) is 6.33 Å². The smallest absolute Gasteiger partial charge is 0.330 e. The molecule has 7 heteroatoms. The van der Waals surface area contributed by atoms with E-state index >= 15 is 0 Å². The molecule has 69 valence electrons. The van der Waals surface area contributed by atoms with Crippen molar-refractivity contribution in [2.24, 2.45) is 5.16 Å². The minimum Gasteiger partial charge on any atom is -0.399 e. The molecule has 0 aliphatic heterocycles. The number of nitrogens with zero attached hydrogens (tertiary/aromatic N) is 3. The number of oxime groups is 1. The average Bonchev–Trinajstić information content (AvgIpc) is 2.13. The summed E-state index contributed by atoms with van der Waals surface area (Å²) in [5.74, 6) is 0. The molecular weight excluding hydrogens is 176 g/mol. The Morgan fingerprint density at radius 2 is 2.54 bits per heavy atom. The molecule has 0 bridgehead atoms. The summed E-state index contributed by atoms with van der Waals surface area (Å²) in [5.41, 5.74) is -1.51. The number of nitrogens with one attached hydrogen (secondary N) is 1. The van der Waals surface area contributed by atoms with Crippen molar-refractivity contribution in [2.45, 2.75) is 6.54 Å². The van der Waals surface area contributed by atoms with Gasteiger partial charge in [0, 0.05) is 0 Å². The molecule has 1 N–H and O–H groups in total. The van der Waals surface area contributed by atoms with Gasteiger partial charge in [-0.3, -0.25) is 14.2 Å². The van der Waals surface area contributed by atoms with Crippen LogP contribution in [0.1, 0.15) is 0 Å². The molecule has 1 aromatic rings. The summed E-state index contributed by atoms with van der Waals surface area (Å²) in [6, 6.07) is 0. The van der Waals surface area contributed by atoms with Crippen LogP contribution in [0, 0.1) is 6.33 Å². The SMILES string of the molecule is CON=CCn1[c]n[nH]c(=O)c1=O. The molecule has 0 amide bonds. The fraction of sp³-hybridized carbons (Fsp3) is 0.333. The molecule has 1 aromatic heterocycles. The fourth-order valence-corrected chi connectivity index (χ4v) is 0.665. The predicted octanol–water partition coefficient (Wildman–Crippen LogP) is -1.64. The third kappa shape index (κ3) is 2.26. The maximum absolute atomic E-state index is 11.0. The van der Waals surface area contributed by atoms with E-state index in [1.54, 1.807) is 0 Å². The third-order valence-corrected chi connectivity index (χ3v) is 1.21. The largest absolute Gasteiger partial charge is 0.399 e. The Labute approximate surface area is 72.6 Å². The Kier molecular flexibility index (Phi) is 2.96. The molecule has 13 heavy (non-hydrogen) atoms. The Morgan fingerprint density at radius 3 is 3.23 bits per heavy atom. The van der Waals surface area contributed by atoms with Crippen LogP contribution in [0.3, 0.4) is 0 Å². The summed E-state index contributed by atoms with van der Waals surface area (Å²) in [4.78, 5) is 26.1. The van der Waals surface area contributed by atoms with Crippen molar-refractivity contribution in [3.8, 4) is 0 Å². The van der Waals surface area contributed by atoms with Crippen LogP contribution < -0.4 is 11.1 Å². The molecule has 1 rings (SSSR count). The summed E-state index contributed by atoms with van der Waals surface area (Å²) in [5, 5.41) is 8.68. The highest BCUT2D eigenvalue weighted by Crippen LogP contribution is 1.70. The average molecular weight is 183 g/mol. The van der Waals surface area contributed by atoms with E-state index in [9.17, 15) is 9.59 Å². The van der Waals surface area contributed by atoms with E-state index in [2.05, 4.69) is 21.4 Å². The quantitative estimate of drug-likeness (QED) is 0.346. The van der Waals surface area contributed by atoms with Crippen LogP contribution in [0.5, 0.6) is 0 Å². The maximum atomic E-state index is 11.0. The highest BCUT2D eigenvalue weighted by molar-refractivity contribution is 5.55. The van der Waals surface area contributed by atoms with Gasteiger partial charge in [-0.15, -0.1) is 0 Å². The zero-order chi connectivity index (χ0) is 9.68. The Hall–Kier alpha value is -1.92. The van der Waals surface area contributed by atoms with Gasteiger partial charge >= 0.3 is 11.1 Å². The number of H-pyrrole nitrogens is 1. The van der Waals surface area contributed by atoms with Crippen LogP contribution >= 0.6 is 0 Å². The first kappa shape index (κ1) is 9.17. The molecule has 1 heterocycles. The number of hydrogen-bond donors (Lipinski definition) is 1. The summed E-state index contributed by atoms with van der Waals surface area (Å²) in [6.45, 7) is 0.101. The van der Waals surface area contributed by atoms with Crippen molar-refractivity contribution in [3.63, 3.8) is 0 Å². The van der Waals surface area contributed by atoms with E-state index in [1.807, 2.05) is 5.10 Å². The molecule has 0 fully saturated rings. The van der Waals surface area contributed by atoms with Crippen LogP contribution in [0.15, 0.2) is 14.7 Å². The molecule has 0 saturated heterocycles. The predicted molar refractivity (Wildman–Crippen MR) is 43.5 cm³/mol. The van der Waals surface area contributed by atoms with Gasteiger partial charge < -0.3 is 4.84 Å². The van der Waals surface area contributed by atoms with Gasteiger partial charge in [-0.2, -0.15) is 5.10 Å². The molecular formula is C6H7N4O3. The summed E-state index contributed by atoms with van der Waals surface area (Å²) in [6.07, 6.45) is 3.61. The van der Waals surface area contributed by atoms with Crippen molar-refractivity contribution in [1.29, 1.82) is 0 Å². The first-order valence-corrected chi connectivity index (χ1v) is 3.38. The molecule has 0 spiro atoms. The number of hydrogen-bond acceptors (Lipinski definition) is 5. The minimum absolute atomic E-state index is 0.101. The van der Waals surface area contributed by atoms with Crippen LogP contribution in [-0.2, 0) is 11.4 Å². The highest BCUT2D eigenvalue weighted by atomic mass is 16.6. The van der Waals surface area contributed by atoms with Gasteiger partial charge in [-0.05, 0) is 0 Å². The summed E-state index contributed by atoms with van der Waals surface area (Å²) >= 11 is 0. The van der Waals surface area contributed by atoms with E-state index in [4.69, 9.17) is 0 Å². The second kappa shape index (κ2) is 4.19. The van der Waals surface area contributed by atoms with E-state index in [1.165, 1.54) is 13.3 Å². The Morgan fingerprint density at radius 1 is 1.77 bits per heavy atom. The monoisotopic (exact) mass is 183 g/mol. The van der Waals surface area contributed by atoms with E-state index in [0.717, 1.165) is 4.57 Å². The number of rotatable bonds is 3. The van der Waals surface area contributed by atoms with Gasteiger partial charge in [-0.25, -0.2) is 5.10 Å². The number of aromatic amines is 1. The van der Waals surface area contributed by atoms with Crippen LogP contribution in [0.2, 0.25) is 0 Å². The van der Waals surface area contributed by atoms with Crippen molar-refractivity contribution >= 4 is 6.21 Å². The molecule has 0 aromatic carbocycles. The van der Waals surface area contributed by atoms with E-state index < -0.39 is 11.1 Å². The molecule has 0 atom stereocenters. The van der Waals surface area contributed by atoms with E-state index in [0.29, 0.717) is 0 Å². The molecule has 7 nitrogen and oxygen atoms in total. The van der Waals surface area contributed by atoms with Gasteiger partial charge in [0.15, 0.2) is 0 Å². The molecule has 0 aliphatic carbocycles. The van der Waals surface area contributed by atoms with Crippen molar-refractivity contribution in [1.82, 2.24) is 14.8 Å². The van der Waals surface area contributed by atoms with Gasteiger partial charge in [0.1, 0.15) is 7.11 Å². The van der Waals surface area contributed by atoms with E-state index in [-0.39, 0.29) is 6.54 Å². The van der Waals surface area contributed by atoms with Crippen LogP contribution in [0.4, 0.5) is 0 Å². The molecule has 0 saturated carbocycles. The normalized spacial score (nSPS) is 10.5. The van der Waals surface area contributed by atoms with Crippen molar-refractivity contribution in [2.75, 3.05) is 7.11 Å². The van der Waals surface area contributed by atoms with Gasteiger partial charge in [0.05, 0.1) is 12.8 Å².